The summed E-state index contributed by atoms with van der Waals surface area (Å²) in [5, 5.41) is 0. The molecular weight excluding hydrogens is 268 g/mol. The van der Waals surface area contributed by atoms with Crippen LogP contribution in [0.5, 0.6) is 0 Å². The maximum absolute atomic E-state index is 6.21. The molecule has 0 spiro atoms. The fraction of sp³-hybridized carbons (Fsp3) is 0.700. The van der Waals surface area contributed by atoms with Crippen LogP contribution in [-0.2, 0) is 6.42 Å². The van der Waals surface area contributed by atoms with E-state index in [0.717, 1.165) is 13.0 Å². The van der Waals surface area contributed by atoms with E-state index in [0.29, 0.717) is 22.9 Å². The smallest absolute Gasteiger partial charge is 0.0473 e. The van der Waals surface area contributed by atoms with Gasteiger partial charge in [-0.3, -0.25) is 4.90 Å². The van der Waals surface area contributed by atoms with Gasteiger partial charge >= 0.3 is 0 Å². The van der Waals surface area contributed by atoms with Crippen LogP contribution in [-0.4, -0.2) is 24.0 Å². The largest absolute Gasteiger partial charge is 0.329 e. The molecule has 2 bridgehead atoms. The first-order valence-corrected chi connectivity index (χ1v) is 8.90. The molecule has 0 amide bonds. The molecule has 3 atom stereocenters. The Morgan fingerprint density at radius 3 is 2.45 bits per heavy atom. The van der Waals surface area contributed by atoms with E-state index >= 15 is 0 Å². The Balaban J connectivity index is 1.85. The van der Waals surface area contributed by atoms with Gasteiger partial charge in [-0.1, -0.05) is 52.0 Å². The van der Waals surface area contributed by atoms with Gasteiger partial charge in [-0.05, 0) is 47.6 Å². The molecular formula is C20H32N2. The van der Waals surface area contributed by atoms with E-state index in [9.17, 15) is 0 Å². The van der Waals surface area contributed by atoms with Crippen molar-refractivity contribution in [2.45, 2.75) is 65.5 Å². The summed E-state index contributed by atoms with van der Waals surface area (Å²) in [5.74, 6) is 0. The average molecular weight is 300 g/mol. The molecule has 1 aromatic carbocycles. The van der Waals surface area contributed by atoms with Crippen molar-refractivity contribution in [1.82, 2.24) is 4.90 Å². The summed E-state index contributed by atoms with van der Waals surface area (Å²) in [6.45, 7) is 11.5. The van der Waals surface area contributed by atoms with Gasteiger partial charge in [0.05, 0.1) is 0 Å². The summed E-state index contributed by atoms with van der Waals surface area (Å²) in [4.78, 5) is 2.72. The molecule has 1 saturated heterocycles. The van der Waals surface area contributed by atoms with E-state index < -0.39 is 0 Å². The second kappa shape index (κ2) is 5.65. The van der Waals surface area contributed by atoms with Crippen molar-refractivity contribution in [2.75, 3.05) is 13.1 Å². The molecule has 3 rings (SSSR count). The first-order valence-electron chi connectivity index (χ1n) is 8.90. The summed E-state index contributed by atoms with van der Waals surface area (Å²) < 4.78 is 0. The van der Waals surface area contributed by atoms with Crippen LogP contribution in [0, 0.1) is 10.8 Å². The van der Waals surface area contributed by atoms with Crippen LogP contribution in [0.15, 0.2) is 24.3 Å². The molecule has 1 heterocycles. The lowest BCUT2D eigenvalue weighted by molar-refractivity contribution is 0.118. The van der Waals surface area contributed by atoms with Gasteiger partial charge < -0.3 is 5.73 Å². The minimum absolute atomic E-state index is 0.381. The van der Waals surface area contributed by atoms with Crippen LogP contribution in [0.25, 0.3) is 0 Å². The Morgan fingerprint density at radius 1 is 1.18 bits per heavy atom. The second-order valence-corrected chi connectivity index (χ2v) is 8.73. The zero-order valence-corrected chi connectivity index (χ0v) is 14.7. The van der Waals surface area contributed by atoms with E-state index in [1.54, 1.807) is 0 Å². The maximum Gasteiger partial charge on any atom is 0.0473 e. The van der Waals surface area contributed by atoms with Crippen molar-refractivity contribution >= 4 is 0 Å². The van der Waals surface area contributed by atoms with Gasteiger partial charge in [0, 0.05) is 25.2 Å². The third kappa shape index (κ3) is 2.96. The molecule has 2 nitrogen and oxygen atoms in total. The van der Waals surface area contributed by atoms with Crippen molar-refractivity contribution < 1.29 is 0 Å². The van der Waals surface area contributed by atoms with Crippen molar-refractivity contribution in [1.29, 1.82) is 0 Å². The number of likely N-dealkylation sites (tertiary alicyclic amines) is 1. The molecule has 0 aromatic heterocycles. The molecule has 1 aliphatic heterocycles. The lowest BCUT2D eigenvalue weighted by Crippen LogP contribution is -2.39. The summed E-state index contributed by atoms with van der Waals surface area (Å²) in [6, 6.07) is 10.2. The molecule has 2 N–H and O–H groups in total. The molecule has 2 fully saturated rings. The summed E-state index contributed by atoms with van der Waals surface area (Å²) >= 11 is 0. The van der Waals surface area contributed by atoms with Gasteiger partial charge in [-0.15, -0.1) is 0 Å². The number of nitrogens with zero attached hydrogens (tertiary/aromatic N) is 1. The Hall–Kier alpha value is -0.860. The highest BCUT2D eigenvalue weighted by Gasteiger charge is 2.51. The predicted octanol–water partition coefficient (Wildman–Crippen LogP) is 4.15. The van der Waals surface area contributed by atoms with E-state index in [2.05, 4.69) is 56.9 Å². The molecule has 22 heavy (non-hydrogen) atoms. The zero-order chi connectivity index (χ0) is 16.0. The first kappa shape index (κ1) is 16.0. The van der Waals surface area contributed by atoms with E-state index in [-0.39, 0.29) is 0 Å². The number of nitrogens with two attached hydrogens (primary N) is 1. The number of fused-ring (bicyclic) bond motifs is 2. The third-order valence-corrected chi connectivity index (χ3v) is 5.85. The summed E-state index contributed by atoms with van der Waals surface area (Å²) in [7, 11) is 0. The Kier molecular flexibility index (Phi) is 4.11. The highest BCUT2D eigenvalue weighted by molar-refractivity contribution is 5.26. The lowest BCUT2D eigenvalue weighted by Gasteiger charge is -2.40. The van der Waals surface area contributed by atoms with Crippen LogP contribution in [0.4, 0.5) is 0 Å². The molecule has 3 unspecified atom stereocenters. The topological polar surface area (TPSA) is 29.3 Å². The molecule has 0 radical (unpaired) electrons. The number of aryl methyl sites for hydroxylation is 1. The average Bonchev–Trinajstić information content (AvgIpc) is 2.70. The molecule has 2 aliphatic rings. The molecule has 1 saturated carbocycles. The summed E-state index contributed by atoms with van der Waals surface area (Å²) in [5.41, 5.74) is 9.96. The zero-order valence-electron chi connectivity index (χ0n) is 14.7. The van der Waals surface area contributed by atoms with Crippen molar-refractivity contribution in [2.24, 2.45) is 16.6 Å². The minimum atomic E-state index is 0.381. The standard InChI is InChI=1S/C20H32N2/c1-5-15-6-8-16(9-7-15)18(12-21)22-14-20(4)11-17(22)10-19(2,3)13-20/h6-9,17-18H,5,10-14,21H2,1-4H3. The van der Waals surface area contributed by atoms with E-state index in [4.69, 9.17) is 5.73 Å². The Labute approximate surface area is 136 Å². The van der Waals surface area contributed by atoms with Gasteiger partial charge in [-0.25, -0.2) is 0 Å². The van der Waals surface area contributed by atoms with Gasteiger partial charge in [0.25, 0.3) is 0 Å². The normalized spacial score (nSPS) is 32.1. The van der Waals surface area contributed by atoms with Crippen LogP contribution in [0.2, 0.25) is 0 Å². The molecule has 1 aliphatic carbocycles. The minimum Gasteiger partial charge on any atom is -0.329 e. The first-order chi connectivity index (χ1) is 10.4. The van der Waals surface area contributed by atoms with Gasteiger partial charge in [0.2, 0.25) is 0 Å². The Bertz CT molecular complexity index is 519. The number of benzene rings is 1. The van der Waals surface area contributed by atoms with Crippen LogP contribution >= 0.6 is 0 Å². The predicted molar refractivity (Wildman–Crippen MR) is 93.8 cm³/mol. The third-order valence-electron chi connectivity index (χ3n) is 5.85. The molecule has 122 valence electrons. The van der Waals surface area contributed by atoms with Crippen LogP contribution in [0.1, 0.15) is 64.1 Å². The van der Waals surface area contributed by atoms with Crippen molar-refractivity contribution in [3.63, 3.8) is 0 Å². The van der Waals surface area contributed by atoms with Crippen molar-refractivity contribution in [3.8, 4) is 0 Å². The monoisotopic (exact) mass is 300 g/mol. The van der Waals surface area contributed by atoms with E-state index in [1.807, 2.05) is 0 Å². The SMILES string of the molecule is CCc1ccc(C(CN)N2CC3(C)CC2CC(C)(C)C3)cc1. The lowest BCUT2D eigenvalue weighted by atomic mass is 9.65. The van der Waals surface area contributed by atoms with Crippen LogP contribution in [0.3, 0.4) is 0 Å². The number of hydrogen-bond acceptors (Lipinski definition) is 2. The van der Waals surface area contributed by atoms with Gasteiger partial charge in [0.15, 0.2) is 0 Å². The van der Waals surface area contributed by atoms with Crippen LogP contribution < -0.4 is 5.73 Å². The fourth-order valence-corrected chi connectivity index (χ4v) is 5.31. The highest BCUT2D eigenvalue weighted by atomic mass is 15.2. The highest BCUT2D eigenvalue weighted by Crippen LogP contribution is 2.54. The Morgan fingerprint density at radius 2 is 1.86 bits per heavy atom. The van der Waals surface area contributed by atoms with E-state index in [1.165, 1.54) is 36.9 Å². The molecule has 2 heteroatoms. The van der Waals surface area contributed by atoms with Gasteiger partial charge in [0.1, 0.15) is 0 Å². The van der Waals surface area contributed by atoms with Gasteiger partial charge in [-0.2, -0.15) is 0 Å². The maximum atomic E-state index is 6.21. The number of hydrogen-bond donors (Lipinski definition) is 1. The van der Waals surface area contributed by atoms with Crippen molar-refractivity contribution in [3.05, 3.63) is 35.4 Å². The molecule has 1 aromatic rings. The second-order valence-electron chi connectivity index (χ2n) is 8.73. The summed E-state index contributed by atoms with van der Waals surface area (Å²) in [6.07, 6.45) is 5.11. The fourth-order valence-electron chi connectivity index (χ4n) is 5.31. The quantitative estimate of drug-likeness (QED) is 0.905. The number of rotatable bonds is 4.